The molecule has 15 heavy (non-hydrogen) atoms. The molecule has 0 aliphatic carbocycles. The fraction of sp³-hybridized carbons (Fsp3) is 0.429. The van der Waals surface area contributed by atoms with Crippen LogP contribution in [0.4, 0.5) is 0 Å². The number of aliphatic hydroxyl groups excluding tert-OH is 1. The summed E-state index contributed by atoms with van der Waals surface area (Å²) in [5.41, 5.74) is 0. The molecular weight excluding hydrogens is 212 g/mol. The van der Waals surface area contributed by atoms with Crippen LogP contribution >= 0.6 is 0 Å². The first-order valence-electron chi connectivity index (χ1n) is 3.61. The van der Waals surface area contributed by atoms with Gasteiger partial charge < -0.3 is 34.8 Å². The highest BCUT2D eigenvalue weighted by Crippen LogP contribution is 2.09. The van der Waals surface area contributed by atoms with Crippen molar-refractivity contribution in [3.8, 4) is 0 Å². The lowest BCUT2D eigenvalue weighted by Crippen LogP contribution is -2.49. The van der Waals surface area contributed by atoms with Gasteiger partial charge in [-0.05, 0) is 6.42 Å². The zero-order chi connectivity index (χ0) is 12.2. The molecule has 0 aliphatic rings. The highest BCUT2D eigenvalue weighted by Gasteiger charge is 2.28. The number of carbonyl (C=O) groups excluding carboxylic acids is 4. The van der Waals surface area contributed by atoms with Crippen LogP contribution in [0.3, 0.4) is 0 Å². The van der Waals surface area contributed by atoms with Crippen molar-refractivity contribution in [3.63, 3.8) is 0 Å². The molecule has 2 unspecified atom stereocenters. The van der Waals surface area contributed by atoms with Gasteiger partial charge in [-0.25, -0.2) is 0 Å². The summed E-state index contributed by atoms with van der Waals surface area (Å²) in [6.45, 7) is 0. The van der Waals surface area contributed by atoms with E-state index >= 15 is 0 Å². The van der Waals surface area contributed by atoms with Crippen LogP contribution in [0.25, 0.3) is 0 Å². The highest BCUT2D eigenvalue weighted by atomic mass is 16.4. The smallest absolute Gasteiger partial charge is 0.184 e. The van der Waals surface area contributed by atoms with Crippen LogP contribution in [0.2, 0.25) is 0 Å². The van der Waals surface area contributed by atoms with Gasteiger partial charge in [0, 0.05) is 5.97 Å². The van der Waals surface area contributed by atoms with Crippen LogP contribution in [0.1, 0.15) is 6.42 Å². The largest absolute Gasteiger partial charge is 0.550 e. The second-order valence-electron chi connectivity index (χ2n) is 2.60. The van der Waals surface area contributed by atoms with E-state index in [2.05, 4.69) is 0 Å². The molecule has 0 amide bonds. The molecule has 0 heterocycles. The molecule has 84 valence electrons. The number of aliphatic hydroxyl groups is 1. The van der Waals surface area contributed by atoms with Gasteiger partial charge in [0.05, 0.1) is 11.9 Å². The van der Waals surface area contributed by atoms with E-state index in [9.17, 15) is 34.5 Å². The highest BCUT2D eigenvalue weighted by molar-refractivity contribution is 6.33. The van der Waals surface area contributed by atoms with E-state index in [1.54, 1.807) is 0 Å². The third-order valence-electron chi connectivity index (χ3n) is 1.55. The van der Waals surface area contributed by atoms with Gasteiger partial charge in [-0.2, -0.15) is 0 Å². The van der Waals surface area contributed by atoms with Crippen LogP contribution in [0, 0.1) is 5.92 Å². The van der Waals surface area contributed by atoms with Crippen LogP contribution < -0.4 is 15.3 Å². The molecule has 0 saturated heterocycles. The van der Waals surface area contributed by atoms with E-state index in [4.69, 9.17) is 5.11 Å². The summed E-state index contributed by atoms with van der Waals surface area (Å²) in [6, 6.07) is 0. The topological polar surface area (TPSA) is 158 Å². The second kappa shape index (κ2) is 5.05. The Hall–Kier alpha value is -1.96. The standard InChI is InChI=1S/C7H8O8/c8-3(9)1-2(4(10)6(12)13)5(11)7(14)15/h2,4,10H,1H2,(H,8,9)(H,12,13)(H,14,15)/p-3. The van der Waals surface area contributed by atoms with Gasteiger partial charge in [0.15, 0.2) is 5.78 Å². The van der Waals surface area contributed by atoms with Crippen LogP contribution in [-0.4, -0.2) is 34.9 Å². The Kier molecular flexibility index (Phi) is 4.39. The van der Waals surface area contributed by atoms with E-state index in [1.807, 2.05) is 0 Å². The zero-order valence-corrected chi connectivity index (χ0v) is 7.17. The predicted octanol–water partition coefficient (Wildman–Crippen LogP) is -5.83. The van der Waals surface area contributed by atoms with Crippen LogP contribution in [-0.2, 0) is 19.2 Å². The number of Topliss-reactive ketones (excluding diaryl/α,β-unsaturated/α-hetero) is 1. The average Bonchev–Trinajstić information content (AvgIpc) is 2.11. The number of hydrogen-bond donors (Lipinski definition) is 1. The SMILES string of the molecule is O=C([O-])CC(C(=O)C(=O)[O-])C(O)C(=O)[O-]. The molecule has 2 atom stereocenters. The quantitative estimate of drug-likeness (QED) is 0.430. The number of aliphatic carboxylic acids is 3. The first-order valence-corrected chi connectivity index (χ1v) is 3.61. The summed E-state index contributed by atoms with van der Waals surface area (Å²) < 4.78 is 0. The molecule has 0 aromatic heterocycles. The van der Waals surface area contributed by atoms with Gasteiger partial charge in [0.25, 0.3) is 0 Å². The Labute approximate surface area is 82.8 Å². The van der Waals surface area contributed by atoms with Gasteiger partial charge >= 0.3 is 0 Å². The number of carboxylic acid groups (broad SMARTS) is 3. The maximum absolute atomic E-state index is 10.7. The van der Waals surface area contributed by atoms with Crippen molar-refractivity contribution in [1.29, 1.82) is 0 Å². The lowest BCUT2D eigenvalue weighted by molar-refractivity contribution is -0.319. The van der Waals surface area contributed by atoms with Crippen molar-refractivity contribution >= 4 is 23.7 Å². The van der Waals surface area contributed by atoms with Crippen LogP contribution in [0.15, 0.2) is 0 Å². The average molecular weight is 217 g/mol. The Morgan fingerprint density at radius 1 is 1.07 bits per heavy atom. The Bertz CT molecular complexity index is 306. The summed E-state index contributed by atoms with van der Waals surface area (Å²) in [5, 5.41) is 39.0. The molecule has 0 saturated carbocycles. The van der Waals surface area contributed by atoms with Crippen LogP contribution in [0.5, 0.6) is 0 Å². The summed E-state index contributed by atoms with van der Waals surface area (Å²) in [6.07, 6.45) is -3.78. The molecule has 0 aliphatic heterocycles. The molecule has 0 spiro atoms. The first-order chi connectivity index (χ1) is 6.77. The fourth-order valence-electron chi connectivity index (χ4n) is 0.843. The van der Waals surface area contributed by atoms with Gasteiger partial charge in [-0.1, -0.05) is 0 Å². The number of rotatable bonds is 6. The molecule has 0 aromatic carbocycles. The molecule has 8 nitrogen and oxygen atoms in total. The molecule has 0 rings (SSSR count). The Balaban J connectivity index is 4.87. The minimum absolute atomic E-state index is 1.25. The van der Waals surface area contributed by atoms with Gasteiger partial charge in [0.2, 0.25) is 0 Å². The van der Waals surface area contributed by atoms with Crippen molar-refractivity contribution in [2.75, 3.05) is 0 Å². The van der Waals surface area contributed by atoms with E-state index in [0.29, 0.717) is 0 Å². The molecule has 0 radical (unpaired) electrons. The summed E-state index contributed by atoms with van der Waals surface area (Å²) in [5.74, 6) is -10.3. The summed E-state index contributed by atoms with van der Waals surface area (Å²) in [7, 11) is 0. The molecule has 0 bridgehead atoms. The van der Waals surface area contributed by atoms with Gasteiger partial charge in [-0.15, -0.1) is 0 Å². The van der Waals surface area contributed by atoms with Crippen molar-refractivity contribution in [2.24, 2.45) is 5.92 Å². The van der Waals surface area contributed by atoms with Crippen molar-refractivity contribution in [1.82, 2.24) is 0 Å². The summed E-state index contributed by atoms with van der Waals surface area (Å²) in [4.78, 5) is 40.9. The number of ketones is 1. The van der Waals surface area contributed by atoms with Crippen molar-refractivity contribution in [3.05, 3.63) is 0 Å². The van der Waals surface area contributed by atoms with Crippen molar-refractivity contribution in [2.45, 2.75) is 12.5 Å². The van der Waals surface area contributed by atoms with E-state index < -0.39 is 42.1 Å². The number of carboxylic acids is 3. The molecule has 0 aromatic rings. The number of hydrogen-bond acceptors (Lipinski definition) is 8. The lowest BCUT2D eigenvalue weighted by Gasteiger charge is -2.22. The second-order valence-corrected chi connectivity index (χ2v) is 2.60. The molecular formula is C7H5O8-3. The molecule has 1 N–H and O–H groups in total. The predicted molar refractivity (Wildman–Crippen MR) is 34.1 cm³/mol. The third-order valence-corrected chi connectivity index (χ3v) is 1.55. The molecule has 8 heteroatoms. The first kappa shape index (κ1) is 13.0. The minimum Gasteiger partial charge on any atom is -0.550 e. The van der Waals surface area contributed by atoms with Gasteiger partial charge in [-0.3, -0.25) is 4.79 Å². The normalized spacial score (nSPS) is 13.9. The van der Waals surface area contributed by atoms with Gasteiger partial charge in [0.1, 0.15) is 12.1 Å². The van der Waals surface area contributed by atoms with E-state index in [0.717, 1.165) is 0 Å². The van der Waals surface area contributed by atoms with E-state index in [1.165, 1.54) is 0 Å². The third kappa shape index (κ3) is 3.73. The lowest BCUT2D eigenvalue weighted by atomic mass is 9.94. The zero-order valence-electron chi connectivity index (χ0n) is 7.17. The van der Waals surface area contributed by atoms with Crippen molar-refractivity contribution < 1.29 is 39.6 Å². The maximum atomic E-state index is 10.7. The summed E-state index contributed by atoms with van der Waals surface area (Å²) >= 11 is 0. The minimum atomic E-state index is -2.53. The monoisotopic (exact) mass is 217 g/mol. The fourth-order valence-corrected chi connectivity index (χ4v) is 0.843. The Morgan fingerprint density at radius 2 is 1.53 bits per heavy atom. The maximum Gasteiger partial charge on any atom is 0.184 e. The van der Waals surface area contributed by atoms with E-state index in [-0.39, 0.29) is 0 Å². The Morgan fingerprint density at radius 3 is 1.80 bits per heavy atom. The molecule has 0 fully saturated rings. The number of carbonyl (C=O) groups is 4.